The third-order valence-electron chi connectivity index (χ3n) is 3.70. The highest BCUT2D eigenvalue weighted by Crippen LogP contribution is 2.16. The van der Waals surface area contributed by atoms with Crippen molar-refractivity contribution in [1.82, 2.24) is 20.5 Å². The van der Waals surface area contributed by atoms with Crippen LogP contribution in [0, 0.1) is 12.7 Å². The number of likely N-dealkylation sites (tertiary alicyclic amines) is 1. The first-order valence-electron chi connectivity index (χ1n) is 7.15. The van der Waals surface area contributed by atoms with Gasteiger partial charge in [0.15, 0.2) is 5.69 Å². The molecule has 1 aromatic heterocycles. The lowest BCUT2D eigenvalue weighted by Crippen LogP contribution is -2.37. The number of rotatable bonds is 4. The number of carbonyl (C=O) groups is 2. The van der Waals surface area contributed by atoms with Crippen LogP contribution in [0.5, 0.6) is 0 Å². The molecule has 23 heavy (non-hydrogen) atoms. The molecule has 7 nitrogen and oxygen atoms in total. The van der Waals surface area contributed by atoms with E-state index in [0.717, 1.165) is 5.56 Å². The maximum absolute atomic E-state index is 12.9. The summed E-state index contributed by atoms with van der Waals surface area (Å²) >= 11 is 0. The van der Waals surface area contributed by atoms with Crippen molar-refractivity contribution in [3.05, 3.63) is 47.0 Å². The van der Waals surface area contributed by atoms with Crippen LogP contribution in [0.3, 0.4) is 0 Å². The van der Waals surface area contributed by atoms with Crippen molar-refractivity contribution in [2.75, 3.05) is 6.54 Å². The summed E-state index contributed by atoms with van der Waals surface area (Å²) in [4.78, 5) is 25.7. The summed E-state index contributed by atoms with van der Waals surface area (Å²) < 4.78 is 17.4. The highest BCUT2D eigenvalue weighted by atomic mass is 19.1. The molecule has 1 fully saturated rings. The average Bonchev–Trinajstić information content (AvgIpc) is 3.08. The van der Waals surface area contributed by atoms with Crippen molar-refractivity contribution < 1.29 is 18.6 Å². The molecular formula is C15H15FN4O3. The molecule has 0 aliphatic carbocycles. The zero-order valence-electron chi connectivity index (χ0n) is 12.5. The SMILES string of the molecule is Cc1nonc1C(=O)N[C@@H]1CC(=O)N(Cc2ccc(F)cc2)C1. The fraction of sp³-hybridized carbons (Fsp3) is 0.333. The summed E-state index contributed by atoms with van der Waals surface area (Å²) in [6, 6.07) is 5.69. The molecular weight excluding hydrogens is 303 g/mol. The monoisotopic (exact) mass is 318 g/mol. The summed E-state index contributed by atoms with van der Waals surface area (Å²) in [6.07, 6.45) is 0.220. The Morgan fingerprint density at radius 3 is 2.78 bits per heavy atom. The molecule has 1 aliphatic heterocycles. The second kappa shape index (κ2) is 6.15. The molecule has 1 aromatic carbocycles. The van der Waals surface area contributed by atoms with Gasteiger partial charge < -0.3 is 10.2 Å². The van der Waals surface area contributed by atoms with Gasteiger partial charge in [0.05, 0.1) is 6.04 Å². The number of halogens is 1. The molecule has 120 valence electrons. The van der Waals surface area contributed by atoms with Gasteiger partial charge in [-0.05, 0) is 29.8 Å². The van der Waals surface area contributed by atoms with Crippen LogP contribution in [0.15, 0.2) is 28.9 Å². The number of benzene rings is 1. The largest absolute Gasteiger partial charge is 0.345 e. The van der Waals surface area contributed by atoms with E-state index in [1.165, 1.54) is 12.1 Å². The standard InChI is InChI=1S/C15H15FN4O3/c1-9-14(19-23-18-9)15(22)17-12-6-13(21)20(8-12)7-10-2-4-11(16)5-3-10/h2-5,12H,6-8H2,1H3,(H,17,22)/t12-/m1/s1. The van der Waals surface area contributed by atoms with Gasteiger partial charge in [-0.2, -0.15) is 0 Å². The Morgan fingerprint density at radius 1 is 1.39 bits per heavy atom. The van der Waals surface area contributed by atoms with E-state index in [1.807, 2.05) is 0 Å². The first kappa shape index (κ1) is 15.1. The maximum Gasteiger partial charge on any atom is 0.275 e. The fourth-order valence-electron chi connectivity index (χ4n) is 2.52. The van der Waals surface area contributed by atoms with Crippen LogP contribution < -0.4 is 5.32 Å². The first-order valence-corrected chi connectivity index (χ1v) is 7.15. The number of aromatic nitrogens is 2. The molecule has 1 saturated heterocycles. The molecule has 2 heterocycles. The minimum atomic E-state index is -0.412. The van der Waals surface area contributed by atoms with Crippen LogP contribution >= 0.6 is 0 Å². The van der Waals surface area contributed by atoms with Gasteiger partial charge in [-0.25, -0.2) is 9.02 Å². The average molecular weight is 318 g/mol. The molecule has 0 saturated carbocycles. The van der Waals surface area contributed by atoms with Gasteiger partial charge >= 0.3 is 0 Å². The van der Waals surface area contributed by atoms with Crippen molar-refractivity contribution in [3.63, 3.8) is 0 Å². The molecule has 2 aromatic rings. The summed E-state index contributed by atoms with van der Waals surface area (Å²) in [5, 5.41) is 9.84. The van der Waals surface area contributed by atoms with E-state index in [9.17, 15) is 14.0 Å². The molecule has 0 radical (unpaired) electrons. The lowest BCUT2D eigenvalue weighted by atomic mass is 10.2. The maximum atomic E-state index is 12.9. The second-order valence-corrected chi connectivity index (χ2v) is 5.47. The molecule has 1 atom stereocenters. The van der Waals surface area contributed by atoms with E-state index in [4.69, 9.17) is 0 Å². The van der Waals surface area contributed by atoms with E-state index in [0.29, 0.717) is 18.8 Å². The number of hydrogen-bond donors (Lipinski definition) is 1. The molecule has 2 amide bonds. The minimum absolute atomic E-state index is 0.0605. The van der Waals surface area contributed by atoms with E-state index in [-0.39, 0.29) is 29.9 Å². The lowest BCUT2D eigenvalue weighted by Gasteiger charge is -2.17. The number of nitrogens with one attached hydrogen (secondary N) is 1. The Labute approximate surface area is 131 Å². The van der Waals surface area contributed by atoms with Crippen LogP contribution in [-0.4, -0.2) is 39.6 Å². The van der Waals surface area contributed by atoms with E-state index < -0.39 is 5.91 Å². The number of carbonyl (C=O) groups excluding carboxylic acids is 2. The van der Waals surface area contributed by atoms with Gasteiger partial charge in [0.25, 0.3) is 5.91 Å². The highest BCUT2D eigenvalue weighted by Gasteiger charge is 2.31. The molecule has 8 heteroatoms. The summed E-state index contributed by atoms with van der Waals surface area (Å²) in [5.41, 5.74) is 1.35. The summed E-state index contributed by atoms with van der Waals surface area (Å²) in [7, 11) is 0. The Morgan fingerprint density at radius 2 is 2.13 bits per heavy atom. The fourth-order valence-corrected chi connectivity index (χ4v) is 2.52. The Kier molecular flexibility index (Phi) is 4.05. The Bertz CT molecular complexity index is 729. The van der Waals surface area contributed by atoms with Gasteiger partial charge in [0.2, 0.25) is 5.91 Å². The summed E-state index contributed by atoms with van der Waals surface area (Å²) in [6.45, 7) is 2.40. The zero-order chi connectivity index (χ0) is 16.4. The van der Waals surface area contributed by atoms with E-state index in [1.54, 1.807) is 24.0 Å². The minimum Gasteiger partial charge on any atom is -0.345 e. The third kappa shape index (κ3) is 3.36. The predicted octanol–water partition coefficient (Wildman–Crippen LogP) is 1.05. The van der Waals surface area contributed by atoms with Gasteiger partial charge in [-0.15, -0.1) is 0 Å². The predicted molar refractivity (Wildman–Crippen MR) is 76.7 cm³/mol. The van der Waals surface area contributed by atoms with Crippen molar-refractivity contribution >= 4 is 11.8 Å². The lowest BCUT2D eigenvalue weighted by molar-refractivity contribution is -0.128. The molecule has 0 unspecified atom stereocenters. The molecule has 3 rings (SSSR count). The van der Waals surface area contributed by atoms with Crippen LogP contribution in [0.1, 0.15) is 28.2 Å². The van der Waals surface area contributed by atoms with Crippen molar-refractivity contribution in [2.24, 2.45) is 0 Å². The number of amides is 2. The first-order chi connectivity index (χ1) is 11.0. The Hall–Kier alpha value is -2.77. The van der Waals surface area contributed by atoms with E-state index in [2.05, 4.69) is 20.3 Å². The number of aryl methyl sites for hydroxylation is 1. The molecule has 1 aliphatic rings. The number of hydrogen-bond acceptors (Lipinski definition) is 5. The van der Waals surface area contributed by atoms with Gasteiger partial charge in [0, 0.05) is 19.5 Å². The topological polar surface area (TPSA) is 88.3 Å². The number of nitrogens with zero attached hydrogens (tertiary/aromatic N) is 3. The third-order valence-corrected chi connectivity index (χ3v) is 3.70. The smallest absolute Gasteiger partial charge is 0.275 e. The van der Waals surface area contributed by atoms with Gasteiger partial charge in [-0.3, -0.25) is 9.59 Å². The van der Waals surface area contributed by atoms with Crippen LogP contribution in [0.2, 0.25) is 0 Å². The summed E-state index contributed by atoms with van der Waals surface area (Å²) in [5.74, 6) is -0.789. The Balaban J connectivity index is 1.60. The molecule has 0 bridgehead atoms. The van der Waals surface area contributed by atoms with Gasteiger partial charge in [-0.1, -0.05) is 17.3 Å². The molecule has 1 N–H and O–H groups in total. The quantitative estimate of drug-likeness (QED) is 0.910. The van der Waals surface area contributed by atoms with Crippen molar-refractivity contribution in [3.8, 4) is 0 Å². The highest BCUT2D eigenvalue weighted by molar-refractivity contribution is 5.94. The normalized spacial score (nSPS) is 17.6. The van der Waals surface area contributed by atoms with Crippen molar-refractivity contribution in [1.29, 1.82) is 0 Å². The molecule has 0 spiro atoms. The zero-order valence-corrected chi connectivity index (χ0v) is 12.5. The van der Waals surface area contributed by atoms with Crippen molar-refractivity contribution in [2.45, 2.75) is 25.9 Å². The second-order valence-electron chi connectivity index (χ2n) is 5.47. The van der Waals surface area contributed by atoms with Gasteiger partial charge in [0.1, 0.15) is 11.5 Å². The van der Waals surface area contributed by atoms with Crippen LogP contribution in [-0.2, 0) is 11.3 Å². The van der Waals surface area contributed by atoms with Crippen LogP contribution in [0.4, 0.5) is 4.39 Å². The van der Waals surface area contributed by atoms with Crippen LogP contribution in [0.25, 0.3) is 0 Å². The van der Waals surface area contributed by atoms with E-state index >= 15 is 0 Å².